The zero-order valence-electron chi connectivity index (χ0n) is 12.0. The van der Waals surface area contributed by atoms with Crippen molar-refractivity contribution in [1.29, 1.82) is 0 Å². The van der Waals surface area contributed by atoms with Crippen LogP contribution in [0.25, 0.3) is 0 Å². The Morgan fingerprint density at radius 1 is 0.900 bits per heavy atom. The Bertz CT molecular complexity index is 527. The van der Waals surface area contributed by atoms with Crippen LogP contribution in [0.5, 0.6) is 0 Å². The van der Waals surface area contributed by atoms with Gasteiger partial charge in [-0.2, -0.15) is 25.3 Å². The van der Waals surface area contributed by atoms with Crippen LogP contribution in [0.3, 0.4) is 0 Å². The highest BCUT2D eigenvalue weighted by Gasteiger charge is 2.26. The van der Waals surface area contributed by atoms with Crippen LogP contribution in [0.15, 0.2) is 9.05 Å². The van der Waals surface area contributed by atoms with Gasteiger partial charge in [0.1, 0.15) is 11.5 Å². The van der Waals surface area contributed by atoms with Gasteiger partial charge in [-0.15, -0.1) is 0 Å². The van der Waals surface area contributed by atoms with E-state index in [1.807, 2.05) is 13.8 Å². The minimum Gasteiger partial charge on any atom is -0.361 e. The van der Waals surface area contributed by atoms with E-state index in [9.17, 15) is 0 Å². The molecule has 2 aromatic rings. The van der Waals surface area contributed by atoms with Crippen molar-refractivity contribution in [3.8, 4) is 0 Å². The molecule has 0 radical (unpaired) electrons. The summed E-state index contributed by atoms with van der Waals surface area (Å²) >= 11 is 8.55. The monoisotopic (exact) mass is 312 g/mol. The van der Waals surface area contributed by atoms with Crippen molar-refractivity contribution in [2.75, 3.05) is 11.5 Å². The van der Waals surface area contributed by atoms with Crippen molar-refractivity contribution < 1.29 is 9.05 Å². The normalized spacial score (nSPS) is 11.5. The average molecular weight is 312 g/mol. The first-order valence-corrected chi connectivity index (χ1v) is 7.98. The van der Waals surface area contributed by atoms with E-state index in [1.165, 1.54) is 0 Å². The molecule has 0 saturated heterocycles. The maximum atomic E-state index is 5.43. The van der Waals surface area contributed by atoms with Crippen molar-refractivity contribution in [2.45, 2.75) is 39.5 Å². The van der Waals surface area contributed by atoms with Gasteiger partial charge >= 0.3 is 0 Å². The molecule has 2 rings (SSSR count). The summed E-state index contributed by atoms with van der Waals surface area (Å²) in [5.74, 6) is 3.43. The third-order valence-electron chi connectivity index (χ3n) is 3.51. The van der Waals surface area contributed by atoms with E-state index in [-0.39, 0.29) is 5.92 Å². The van der Waals surface area contributed by atoms with Gasteiger partial charge in [-0.3, -0.25) is 0 Å². The zero-order valence-corrected chi connectivity index (χ0v) is 13.8. The molecule has 6 heteroatoms. The standard InChI is InChI=1S/C14H20N2O2S2/c1-8(13-9(2)15-17-11(13)4-6-19)14-10(3)16-18-12(14)5-7-20/h8,19-20H,4-7H2,1-3H3. The van der Waals surface area contributed by atoms with Crippen LogP contribution in [-0.4, -0.2) is 21.8 Å². The maximum Gasteiger partial charge on any atom is 0.141 e. The fourth-order valence-corrected chi connectivity index (χ4v) is 3.07. The van der Waals surface area contributed by atoms with Crippen LogP contribution in [-0.2, 0) is 12.8 Å². The minimum absolute atomic E-state index is 0.150. The first kappa shape index (κ1) is 15.5. The summed E-state index contributed by atoms with van der Waals surface area (Å²) in [5.41, 5.74) is 4.11. The lowest BCUT2D eigenvalue weighted by Crippen LogP contribution is -2.05. The number of rotatable bonds is 6. The van der Waals surface area contributed by atoms with Gasteiger partial charge in [0.05, 0.1) is 11.4 Å². The minimum atomic E-state index is 0.150. The first-order valence-electron chi connectivity index (χ1n) is 6.71. The number of hydrogen-bond acceptors (Lipinski definition) is 6. The quantitative estimate of drug-likeness (QED) is 0.803. The lowest BCUT2D eigenvalue weighted by molar-refractivity contribution is 0.380. The Morgan fingerprint density at radius 3 is 1.65 bits per heavy atom. The summed E-state index contributed by atoms with van der Waals surface area (Å²) < 4.78 is 10.9. The molecule has 0 atom stereocenters. The largest absolute Gasteiger partial charge is 0.361 e. The average Bonchev–Trinajstić information content (AvgIpc) is 2.94. The highest BCUT2D eigenvalue weighted by atomic mass is 32.1. The Morgan fingerprint density at radius 2 is 1.30 bits per heavy atom. The lowest BCUT2D eigenvalue weighted by atomic mass is 9.89. The van der Waals surface area contributed by atoms with Gasteiger partial charge in [-0.1, -0.05) is 17.2 Å². The van der Waals surface area contributed by atoms with Crippen LogP contribution in [0, 0.1) is 13.8 Å². The van der Waals surface area contributed by atoms with E-state index in [0.717, 1.165) is 58.4 Å². The molecule has 0 aliphatic rings. The topological polar surface area (TPSA) is 52.1 Å². The third-order valence-corrected chi connectivity index (χ3v) is 3.96. The van der Waals surface area contributed by atoms with Crippen LogP contribution >= 0.6 is 25.3 Å². The molecule has 0 unspecified atom stereocenters. The van der Waals surface area contributed by atoms with Gasteiger partial charge in [0.25, 0.3) is 0 Å². The summed E-state index contributed by atoms with van der Waals surface area (Å²) in [6.07, 6.45) is 1.55. The summed E-state index contributed by atoms with van der Waals surface area (Å²) in [7, 11) is 0. The first-order chi connectivity index (χ1) is 9.60. The van der Waals surface area contributed by atoms with E-state index in [4.69, 9.17) is 9.05 Å². The summed E-state index contributed by atoms with van der Waals surface area (Å²) in [4.78, 5) is 0. The zero-order chi connectivity index (χ0) is 14.7. The molecular weight excluding hydrogens is 292 g/mol. The number of aryl methyl sites for hydroxylation is 4. The number of aromatic nitrogens is 2. The highest BCUT2D eigenvalue weighted by Crippen LogP contribution is 2.34. The lowest BCUT2D eigenvalue weighted by Gasteiger charge is -2.12. The van der Waals surface area contributed by atoms with E-state index in [0.29, 0.717) is 0 Å². The molecule has 0 N–H and O–H groups in total. The molecule has 0 aromatic carbocycles. The fourth-order valence-electron chi connectivity index (χ4n) is 2.67. The predicted molar refractivity (Wildman–Crippen MR) is 85.1 cm³/mol. The molecule has 4 nitrogen and oxygen atoms in total. The Balaban J connectivity index is 2.43. The second-order valence-corrected chi connectivity index (χ2v) is 5.77. The number of thiol groups is 2. The Labute approximate surface area is 130 Å². The smallest absolute Gasteiger partial charge is 0.141 e. The molecule has 0 aliphatic carbocycles. The molecule has 0 bridgehead atoms. The molecule has 2 aromatic heterocycles. The van der Waals surface area contributed by atoms with Gasteiger partial charge < -0.3 is 9.05 Å². The summed E-state index contributed by atoms with van der Waals surface area (Å²) in [6, 6.07) is 0. The molecule has 2 heterocycles. The van der Waals surface area contributed by atoms with Gasteiger partial charge in [0.15, 0.2) is 0 Å². The third kappa shape index (κ3) is 2.91. The van der Waals surface area contributed by atoms with Crippen LogP contribution < -0.4 is 0 Å². The van der Waals surface area contributed by atoms with Gasteiger partial charge in [0, 0.05) is 29.9 Å². The van der Waals surface area contributed by atoms with E-state index in [1.54, 1.807) is 0 Å². The van der Waals surface area contributed by atoms with Crippen molar-refractivity contribution in [2.24, 2.45) is 0 Å². The fraction of sp³-hybridized carbons (Fsp3) is 0.571. The summed E-state index contributed by atoms with van der Waals surface area (Å²) in [6.45, 7) is 6.08. The Hall–Kier alpha value is -0.880. The molecule has 0 aliphatic heterocycles. The SMILES string of the molecule is Cc1noc(CCS)c1C(C)c1c(C)noc1CCS. The van der Waals surface area contributed by atoms with Gasteiger partial charge in [0.2, 0.25) is 0 Å². The molecule has 0 spiro atoms. The van der Waals surface area contributed by atoms with E-state index in [2.05, 4.69) is 42.5 Å². The van der Waals surface area contributed by atoms with Crippen LogP contribution in [0.2, 0.25) is 0 Å². The molecule has 0 fully saturated rings. The van der Waals surface area contributed by atoms with E-state index < -0.39 is 0 Å². The number of nitrogens with zero attached hydrogens (tertiary/aromatic N) is 2. The second-order valence-electron chi connectivity index (χ2n) is 4.88. The van der Waals surface area contributed by atoms with Gasteiger partial charge in [-0.05, 0) is 25.4 Å². The van der Waals surface area contributed by atoms with Crippen LogP contribution in [0.1, 0.15) is 46.9 Å². The maximum absolute atomic E-state index is 5.43. The van der Waals surface area contributed by atoms with Crippen molar-refractivity contribution >= 4 is 25.3 Å². The molecule has 0 amide bonds. The summed E-state index contributed by atoms with van der Waals surface area (Å²) in [5, 5.41) is 8.19. The van der Waals surface area contributed by atoms with Crippen molar-refractivity contribution in [1.82, 2.24) is 10.3 Å². The molecular formula is C14H20N2O2S2. The predicted octanol–water partition coefficient (Wildman–Crippen LogP) is 3.38. The second kappa shape index (κ2) is 6.72. The Kier molecular flexibility index (Phi) is 5.21. The van der Waals surface area contributed by atoms with E-state index >= 15 is 0 Å². The van der Waals surface area contributed by atoms with Crippen LogP contribution in [0.4, 0.5) is 0 Å². The van der Waals surface area contributed by atoms with Crippen molar-refractivity contribution in [3.63, 3.8) is 0 Å². The van der Waals surface area contributed by atoms with Gasteiger partial charge in [-0.25, -0.2) is 0 Å². The van der Waals surface area contributed by atoms with Crippen molar-refractivity contribution in [3.05, 3.63) is 34.0 Å². The number of hydrogen-bond donors (Lipinski definition) is 2. The molecule has 110 valence electrons. The molecule has 20 heavy (non-hydrogen) atoms. The highest BCUT2D eigenvalue weighted by molar-refractivity contribution is 7.80. The molecule has 0 saturated carbocycles.